The summed E-state index contributed by atoms with van der Waals surface area (Å²) in [5.74, 6) is 0.877. The first-order valence-corrected chi connectivity index (χ1v) is 12.3. The molecule has 0 spiro atoms. The van der Waals surface area contributed by atoms with Crippen molar-refractivity contribution in [2.75, 3.05) is 18.8 Å². The minimum Gasteiger partial charge on any atom is -0.457 e. The molecular weight excluding hydrogens is 497 g/mol. The number of halogens is 2. The average molecular weight is 524 g/mol. The number of nitrogen functional groups attached to an aromatic ring is 1. The number of benzene rings is 2. The van der Waals surface area contributed by atoms with E-state index >= 15 is 0 Å². The number of likely N-dealkylation sites (tertiary alicyclic amines) is 1. The van der Waals surface area contributed by atoms with Crippen molar-refractivity contribution in [3.05, 3.63) is 65.8 Å². The summed E-state index contributed by atoms with van der Waals surface area (Å²) in [5, 5.41) is 1.10. The Morgan fingerprint density at radius 1 is 1.14 bits per heavy atom. The monoisotopic (exact) mass is 523 g/mol. The third kappa shape index (κ3) is 5.04. The molecule has 2 aromatic heterocycles. The molecule has 1 saturated heterocycles. The maximum absolute atomic E-state index is 13.5. The van der Waals surface area contributed by atoms with Crippen LogP contribution in [0.4, 0.5) is 15.0 Å². The van der Waals surface area contributed by atoms with Crippen LogP contribution in [0.5, 0.6) is 11.5 Å². The lowest BCUT2D eigenvalue weighted by Crippen LogP contribution is -2.35. The fourth-order valence-electron chi connectivity index (χ4n) is 4.53. The van der Waals surface area contributed by atoms with Crippen molar-refractivity contribution in [3.8, 4) is 22.6 Å². The summed E-state index contributed by atoms with van der Waals surface area (Å²) < 4.78 is 26.7. The average Bonchev–Trinajstić information content (AvgIpc) is 3.42. The molecular formula is C27H27ClFN5O3. The van der Waals surface area contributed by atoms with Gasteiger partial charge in [-0.05, 0) is 57.0 Å². The molecule has 1 atom stereocenters. The number of ether oxygens (including phenoxy) is 2. The first-order chi connectivity index (χ1) is 17.6. The number of carbonyl (C=O) groups excluding carboxylic acids is 1. The Morgan fingerprint density at radius 3 is 2.59 bits per heavy atom. The molecule has 0 unspecified atom stereocenters. The maximum atomic E-state index is 13.5. The minimum atomic E-state index is -0.577. The first-order valence-electron chi connectivity index (χ1n) is 11.9. The van der Waals surface area contributed by atoms with E-state index in [9.17, 15) is 9.18 Å². The van der Waals surface area contributed by atoms with Crippen LogP contribution in [0.25, 0.3) is 22.2 Å². The molecule has 4 aromatic rings. The van der Waals surface area contributed by atoms with E-state index < -0.39 is 5.60 Å². The highest BCUT2D eigenvalue weighted by Gasteiger charge is 2.34. The smallest absolute Gasteiger partial charge is 0.410 e. The van der Waals surface area contributed by atoms with E-state index in [1.165, 1.54) is 18.5 Å². The SMILES string of the molecule is CC(C)(C)OC(=O)N1CC[C@@H](n2c(Cl)c(-c3ccc(Oc4cccc(F)c4)cc3)c3c(N)ncnc32)C1. The summed E-state index contributed by atoms with van der Waals surface area (Å²) in [7, 11) is 0. The molecule has 0 saturated carbocycles. The van der Waals surface area contributed by atoms with Crippen molar-refractivity contribution in [1.82, 2.24) is 19.4 Å². The van der Waals surface area contributed by atoms with Crippen molar-refractivity contribution in [1.29, 1.82) is 0 Å². The summed E-state index contributed by atoms with van der Waals surface area (Å²) in [6, 6.07) is 13.1. The number of fused-ring (bicyclic) bond motifs is 1. The van der Waals surface area contributed by atoms with Crippen LogP contribution >= 0.6 is 11.6 Å². The Kier molecular flexibility index (Phi) is 6.41. The van der Waals surface area contributed by atoms with E-state index in [1.807, 2.05) is 37.5 Å². The summed E-state index contributed by atoms with van der Waals surface area (Å²) >= 11 is 6.99. The molecule has 1 aliphatic rings. The summed E-state index contributed by atoms with van der Waals surface area (Å²) in [6.45, 7) is 6.50. The van der Waals surface area contributed by atoms with Gasteiger partial charge in [0.1, 0.15) is 45.9 Å². The molecule has 1 amide bonds. The quantitative estimate of drug-likeness (QED) is 0.330. The highest BCUT2D eigenvalue weighted by Crippen LogP contribution is 2.43. The lowest BCUT2D eigenvalue weighted by atomic mass is 10.1. The lowest BCUT2D eigenvalue weighted by Gasteiger charge is -2.24. The summed E-state index contributed by atoms with van der Waals surface area (Å²) in [6.07, 6.45) is 1.74. The van der Waals surface area contributed by atoms with E-state index in [1.54, 1.807) is 29.2 Å². The van der Waals surface area contributed by atoms with Crippen molar-refractivity contribution in [2.45, 2.75) is 38.8 Å². The van der Waals surface area contributed by atoms with Gasteiger partial charge >= 0.3 is 6.09 Å². The molecule has 8 nitrogen and oxygen atoms in total. The van der Waals surface area contributed by atoms with Crippen LogP contribution in [-0.2, 0) is 4.74 Å². The standard InChI is InChI=1S/C27H27ClFN5O3/c1-27(2,3)37-26(35)33-12-11-18(14-33)34-23(28)21(22-24(30)31-15-32-25(22)34)16-7-9-19(10-8-16)36-20-6-4-5-17(29)13-20/h4-10,13,15,18H,11-12,14H2,1-3H3,(H2,30,31,32)/t18-/m1/s1. The van der Waals surface area contributed by atoms with Crippen molar-refractivity contribution < 1.29 is 18.7 Å². The van der Waals surface area contributed by atoms with Crippen LogP contribution in [0, 0.1) is 5.82 Å². The van der Waals surface area contributed by atoms with Crippen molar-refractivity contribution in [2.24, 2.45) is 0 Å². The Morgan fingerprint density at radius 2 is 1.89 bits per heavy atom. The fourth-order valence-corrected chi connectivity index (χ4v) is 4.95. The highest BCUT2D eigenvalue weighted by atomic mass is 35.5. The molecule has 37 heavy (non-hydrogen) atoms. The van der Waals surface area contributed by atoms with Crippen LogP contribution in [0.1, 0.15) is 33.2 Å². The number of aromatic nitrogens is 3. The van der Waals surface area contributed by atoms with Gasteiger partial charge in [0, 0.05) is 24.7 Å². The van der Waals surface area contributed by atoms with Gasteiger partial charge in [0.25, 0.3) is 0 Å². The second-order valence-corrected chi connectivity index (χ2v) is 10.3. The number of nitrogens with zero attached hydrogens (tertiary/aromatic N) is 4. The Hall–Kier alpha value is -3.85. The second-order valence-electron chi connectivity index (χ2n) is 9.95. The van der Waals surface area contributed by atoms with Gasteiger partial charge in [-0.3, -0.25) is 0 Å². The van der Waals surface area contributed by atoms with Crippen LogP contribution in [-0.4, -0.2) is 44.2 Å². The van der Waals surface area contributed by atoms with Gasteiger partial charge in [0.05, 0.1) is 11.4 Å². The number of rotatable bonds is 4. The van der Waals surface area contributed by atoms with Gasteiger partial charge in [-0.15, -0.1) is 0 Å². The number of nitrogens with two attached hydrogens (primary N) is 1. The van der Waals surface area contributed by atoms with Crippen LogP contribution in [0.3, 0.4) is 0 Å². The zero-order valence-electron chi connectivity index (χ0n) is 20.7. The third-order valence-corrected chi connectivity index (χ3v) is 6.48. The molecule has 0 radical (unpaired) electrons. The summed E-state index contributed by atoms with van der Waals surface area (Å²) in [5.41, 5.74) is 7.81. The first kappa shape index (κ1) is 24.8. The number of anilines is 1. The molecule has 2 aromatic carbocycles. The van der Waals surface area contributed by atoms with Crippen LogP contribution in [0.2, 0.25) is 5.15 Å². The molecule has 5 rings (SSSR count). The predicted molar refractivity (Wildman–Crippen MR) is 140 cm³/mol. The van der Waals surface area contributed by atoms with E-state index in [2.05, 4.69) is 9.97 Å². The van der Waals surface area contributed by atoms with Crippen LogP contribution in [0.15, 0.2) is 54.9 Å². The lowest BCUT2D eigenvalue weighted by molar-refractivity contribution is 0.0289. The number of hydrogen-bond acceptors (Lipinski definition) is 6. The van der Waals surface area contributed by atoms with Crippen molar-refractivity contribution in [3.63, 3.8) is 0 Å². The number of hydrogen-bond donors (Lipinski definition) is 1. The fraction of sp³-hybridized carbons (Fsp3) is 0.296. The normalized spacial score (nSPS) is 15.8. The molecule has 192 valence electrons. The second kappa shape index (κ2) is 9.55. The van der Waals surface area contributed by atoms with Gasteiger partial charge in [0.15, 0.2) is 0 Å². The van der Waals surface area contributed by atoms with E-state index in [4.69, 9.17) is 26.8 Å². The van der Waals surface area contributed by atoms with E-state index in [0.717, 1.165) is 5.56 Å². The molecule has 0 bridgehead atoms. The zero-order valence-corrected chi connectivity index (χ0v) is 21.5. The maximum Gasteiger partial charge on any atom is 0.410 e. The van der Waals surface area contributed by atoms with Gasteiger partial charge < -0.3 is 24.7 Å². The van der Waals surface area contributed by atoms with E-state index in [-0.39, 0.29) is 18.0 Å². The molecule has 10 heteroatoms. The third-order valence-electron chi connectivity index (χ3n) is 6.11. The van der Waals surface area contributed by atoms with Gasteiger partial charge in [-0.2, -0.15) is 0 Å². The largest absolute Gasteiger partial charge is 0.457 e. The molecule has 0 aliphatic carbocycles. The summed E-state index contributed by atoms with van der Waals surface area (Å²) in [4.78, 5) is 23.0. The topological polar surface area (TPSA) is 95.5 Å². The number of amides is 1. The molecule has 2 N–H and O–H groups in total. The van der Waals surface area contributed by atoms with E-state index in [0.29, 0.717) is 58.6 Å². The van der Waals surface area contributed by atoms with Crippen molar-refractivity contribution >= 4 is 34.5 Å². The predicted octanol–water partition coefficient (Wildman–Crippen LogP) is 6.45. The minimum absolute atomic E-state index is 0.110. The Bertz CT molecular complexity index is 1470. The molecule has 1 aliphatic heterocycles. The zero-order chi connectivity index (χ0) is 26.3. The number of carbonyl (C=O) groups is 1. The molecule has 3 heterocycles. The highest BCUT2D eigenvalue weighted by molar-refractivity contribution is 6.35. The Labute approximate surface area is 218 Å². The molecule has 1 fully saturated rings. The van der Waals surface area contributed by atoms with Gasteiger partial charge in [-0.1, -0.05) is 29.8 Å². The Balaban J connectivity index is 1.48. The van der Waals surface area contributed by atoms with Crippen LogP contribution < -0.4 is 10.5 Å². The van der Waals surface area contributed by atoms with Gasteiger partial charge in [0.2, 0.25) is 0 Å². The van der Waals surface area contributed by atoms with Gasteiger partial charge in [-0.25, -0.2) is 19.2 Å².